The van der Waals surface area contributed by atoms with Crippen molar-refractivity contribution in [3.05, 3.63) is 49.3 Å². The van der Waals surface area contributed by atoms with Crippen LogP contribution >= 0.6 is 22.9 Å². The summed E-state index contributed by atoms with van der Waals surface area (Å²) < 4.78 is 44.4. The van der Waals surface area contributed by atoms with Crippen molar-refractivity contribution in [3.63, 3.8) is 0 Å². The summed E-state index contributed by atoms with van der Waals surface area (Å²) >= 11 is 6.35. The van der Waals surface area contributed by atoms with Gasteiger partial charge in [-0.1, -0.05) is 11.6 Å². The highest BCUT2D eigenvalue weighted by Gasteiger charge is 2.26. The largest absolute Gasteiger partial charge is 0.380 e. The highest BCUT2D eigenvalue weighted by Crippen LogP contribution is 2.27. The number of pyridine rings is 1. The second-order valence-electron chi connectivity index (χ2n) is 5.45. The van der Waals surface area contributed by atoms with Crippen molar-refractivity contribution >= 4 is 34.5 Å². The zero-order chi connectivity index (χ0) is 18.1. The number of rotatable bonds is 5. The SMILES string of the molecule is O=C(Nc1cc(C2COC2)c(=O)n(CC(F)F)c1)c1cc(F)c(Cl)s1. The molecule has 3 heterocycles. The minimum absolute atomic E-state index is 0.0302. The van der Waals surface area contributed by atoms with Crippen molar-refractivity contribution in [2.24, 2.45) is 0 Å². The highest BCUT2D eigenvalue weighted by atomic mass is 35.5. The molecule has 1 aliphatic rings. The van der Waals surface area contributed by atoms with Crippen LogP contribution in [-0.2, 0) is 11.3 Å². The number of halogens is 4. The van der Waals surface area contributed by atoms with E-state index in [1.54, 1.807) is 0 Å². The number of amides is 1. The van der Waals surface area contributed by atoms with Crippen LogP contribution < -0.4 is 10.9 Å². The molecule has 1 saturated heterocycles. The van der Waals surface area contributed by atoms with Gasteiger partial charge in [0.25, 0.3) is 17.9 Å². The number of carbonyl (C=O) groups is 1. The van der Waals surface area contributed by atoms with Crippen molar-refractivity contribution in [3.8, 4) is 0 Å². The fourth-order valence-corrected chi connectivity index (χ4v) is 3.33. The van der Waals surface area contributed by atoms with Crippen LogP contribution in [0.25, 0.3) is 0 Å². The molecule has 5 nitrogen and oxygen atoms in total. The van der Waals surface area contributed by atoms with E-state index in [1.807, 2.05) is 0 Å². The Morgan fingerprint density at radius 1 is 1.44 bits per heavy atom. The second kappa shape index (κ2) is 7.19. The first-order valence-corrected chi connectivity index (χ1v) is 8.41. The summed E-state index contributed by atoms with van der Waals surface area (Å²) in [6.07, 6.45) is -1.58. The zero-order valence-electron chi connectivity index (χ0n) is 12.6. The van der Waals surface area contributed by atoms with E-state index in [0.717, 1.165) is 28.2 Å². The van der Waals surface area contributed by atoms with E-state index in [1.165, 1.54) is 6.07 Å². The number of hydrogen-bond donors (Lipinski definition) is 1. The second-order valence-corrected chi connectivity index (χ2v) is 7.11. The number of ether oxygens (including phenoxy) is 1. The predicted octanol–water partition coefficient (Wildman–Crippen LogP) is 3.33. The van der Waals surface area contributed by atoms with Crippen molar-refractivity contribution in [1.29, 1.82) is 0 Å². The molecule has 1 aliphatic heterocycles. The average Bonchev–Trinajstić information content (AvgIpc) is 2.81. The molecule has 0 bridgehead atoms. The molecule has 0 spiro atoms. The van der Waals surface area contributed by atoms with Gasteiger partial charge in [-0.05, 0) is 12.1 Å². The van der Waals surface area contributed by atoms with Gasteiger partial charge in [-0.15, -0.1) is 11.3 Å². The van der Waals surface area contributed by atoms with Crippen LogP contribution in [0.4, 0.5) is 18.9 Å². The molecule has 0 radical (unpaired) electrons. The molecule has 25 heavy (non-hydrogen) atoms. The van der Waals surface area contributed by atoms with Gasteiger partial charge in [0.1, 0.15) is 4.34 Å². The molecular weight excluding hydrogens is 381 g/mol. The number of nitrogens with one attached hydrogen (secondary N) is 1. The lowest BCUT2D eigenvalue weighted by molar-refractivity contribution is 0.00760. The maximum atomic E-state index is 13.3. The Labute approximate surface area is 149 Å². The zero-order valence-corrected chi connectivity index (χ0v) is 14.2. The van der Waals surface area contributed by atoms with Crippen LogP contribution in [0.5, 0.6) is 0 Å². The summed E-state index contributed by atoms with van der Waals surface area (Å²) in [6, 6.07) is 2.42. The first-order valence-electron chi connectivity index (χ1n) is 7.21. The van der Waals surface area contributed by atoms with E-state index in [0.29, 0.717) is 18.8 Å². The van der Waals surface area contributed by atoms with E-state index in [4.69, 9.17) is 16.3 Å². The Hall–Kier alpha value is -1.84. The van der Waals surface area contributed by atoms with Gasteiger partial charge in [-0.25, -0.2) is 13.2 Å². The van der Waals surface area contributed by atoms with Gasteiger partial charge in [0.05, 0.1) is 30.3 Å². The number of alkyl halides is 2. The normalized spacial score (nSPS) is 14.6. The van der Waals surface area contributed by atoms with Gasteiger partial charge in [0, 0.05) is 17.7 Å². The molecule has 1 fully saturated rings. The van der Waals surface area contributed by atoms with Crippen LogP contribution in [0, 0.1) is 5.82 Å². The van der Waals surface area contributed by atoms with Gasteiger partial charge in [0.15, 0.2) is 5.82 Å². The topological polar surface area (TPSA) is 60.3 Å². The molecule has 0 unspecified atom stereocenters. The smallest absolute Gasteiger partial charge is 0.265 e. The quantitative estimate of drug-likeness (QED) is 0.849. The molecule has 134 valence electrons. The maximum absolute atomic E-state index is 13.3. The molecule has 2 aromatic rings. The van der Waals surface area contributed by atoms with Crippen molar-refractivity contribution in [2.75, 3.05) is 18.5 Å². The molecule has 0 atom stereocenters. The number of carbonyl (C=O) groups excluding carboxylic acids is 1. The van der Waals surface area contributed by atoms with Gasteiger partial charge in [-0.3, -0.25) is 9.59 Å². The Balaban J connectivity index is 1.91. The number of hydrogen-bond acceptors (Lipinski definition) is 4. The van der Waals surface area contributed by atoms with Crippen molar-refractivity contribution in [1.82, 2.24) is 4.57 Å². The third-order valence-corrected chi connectivity index (χ3v) is 4.96. The first kappa shape index (κ1) is 18.0. The summed E-state index contributed by atoms with van der Waals surface area (Å²) in [4.78, 5) is 24.5. The highest BCUT2D eigenvalue weighted by molar-refractivity contribution is 7.18. The molecule has 0 saturated carbocycles. The minimum Gasteiger partial charge on any atom is -0.380 e. The molecule has 1 N–H and O–H groups in total. The number of thiophene rings is 1. The maximum Gasteiger partial charge on any atom is 0.265 e. The third-order valence-electron chi connectivity index (χ3n) is 3.65. The molecule has 0 aliphatic carbocycles. The predicted molar refractivity (Wildman–Crippen MR) is 87.5 cm³/mol. The number of aromatic nitrogens is 1. The Morgan fingerprint density at radius 2 is 2.16 bits per heavy atom. The number of nitrogens with zero attached hydrogens (tertiary/aromatic N) is 1. The van der Waals surface area contributed by atoms with Crippen LogP contribution in [0.15, 0.2) is 23.1 Å². The lowest BCUT2D eigenvalue weighted by Crippen LogP contribution is -2.35. The molecule has 2 aromatic heterocycles. The van der Waals surface area contributed by atoms with E-state index < -0.39 is 30.3 Å². The Kier molecular flexibility index (Phi) is 5.16. The monoisotopic (exact) mass is 392 g/mol. The molecule has 3 rings (SSSR count). The summed E-state index contributed by atoms with van der Waals surface area (Å²) in [6.45, 7) is -0.164. The lowest BCUT2D eigenvalue weighted by Gasteiger charge is -2.26. The van der Waals surface area contributed by atoms with Crippen LogP contribution in [0.1, 0.15) is 21.2 Å². The third kappa shape index (κ3) is 3.88. The first-order chi connectivity index (χ1) is 11.8. The summed E-state index contributed by atoms with van der Waals surface area (Å²) in [5.41, 5.74) is -0.0889. The molecule has 10 heteroatoms. The van der Waals surface area contributed by atoms with Crippen LogP contribution in [-0.4, -0.2) is 30.1 Å². The lowest BCUT2D eigenvalue weighted by atomic mass is 9.98. The van der Waals surface area contributed by atoms with Crippen molar-refractivity contribution < 1.29 is 22.7 Å². The van der Waals surface area contributed by atoms with E-state index in [9.17, 15) is 22.8 Å². The molecular formula is C15H12ClF3N2O3S. The Bertz CT molecular complexity index is 845. The van der Waals surface area contributed by atoms with E-state index in [-0.39, 0.29) is 20.8 Å². The van der Waals surface area contributed by atoms with Gasteiger partial charge >= 0.3 is 0 Å². The summed E-state index contributed by atoms with van der Waals surface area (Å²) in [7, 11) is 0. The van der Waals surface area contributed by atoms with Crippen LogP contribution in [0.2, 0.25) is 4.34 Å². The fraction of sp³-hybridized carbons (Fsp3) is 0.333. The Morgan fingerprint density at radius 3 is 2.68 bits per heavy atom. The summed E-state index contributed by atoms with van der Waals surface area (Å²) in [5, 5.41) is 2.48. The van der Waals surface area contributed by atoms with Crippen molar-refractivity contribution in [2.45, 2.75) is 18.9 Å². The minimum atomic E-state index is -2.72. The fourth-order valence-electron chi connectivity index (χ4n) is 2.37. The van der Waals surface area contributed by atoms with Gasteiger partial charge in [0.2, 0.25) is 0 Å². The van der Waals surface area contributed by atoms with Gasteiger partial charge < -0.3 is 14.6 Å². The van der Waals surface area contributed by atoms with E-state index >= 15 is 0 Å². The summed E-state index contributed by atoms with van der Waals surface area (Å²) in [5.74, 6) is -1.57. The van der Waals surface area contributed by atoms with E-state index in [2.05, 4.69) is 5.32 Å². The molecule has 1 amide bonds. The average molecular weight is 393 g/mol. The standard InChI is InChI=1S/C15H12ClF3N2O3S/c16-13-10(17)2-11(25-13)14(22)20-8-1-9(7-5-24-6-7)15(23)21(3-8)4-12(18)19/h1-3,7,12H,4-6H2,(H,20,22). The molecule has 0 aromatic carbocycles. The van der Waals surface area contributed by atoms with Crippen LogP contribution in [0.3, 0.4) is 0 Å². The van der Waals surface area contributed by atoms with Gasteiger partial charge in [-0.2, -0.15) is 0 Å². The number of anilines is 1.